The summed E-state index contributed by atoms with van der Waals surface area (Å²) in [4.78, 5) is 4.37. The maximum absolute atomic E-state index is 5.49. The normalized spacial score (nSPS) is 10.6. The predicted octanol–water partition coefficient (Wildman–Crippen LogP) is 2.38. The summed E-state index contributed by atoms with van der Waals surface area (Å²) < 4.78 is 7.50. The fourth-order valence-electron chi connectivity index (χ4n) is 1.75. The Kier molecular flexibility index (Phi) is 4.36. The molecule has 0 radical (unpaired) electrons. The van der Waals surface area contributed by atoms with Gasteiger partial charge in [0.05, 0.1) is 24.3 Å². The Labute approximate surface area is 108 Å². The molecule has 1 N–H and O–H groups in total. The highest BCUT2D eigenvalue weighted by atomic mass is 16.5. The molecule has 1 aromatic carbocycles. The summed E-state index contributed by atoms with van der Waals surface area (Å²) in [7, 11) is 0. The Morgan fingerprint density at radius 3 is 3.00 bits per heavy atom. The van der Waals surface area contributed by atoms with E-state index in [1.807, 2.05) is 48.3 Å². The molecule has 1 aromatic heterocycles. The van der Waals surface area contributed by atoms with Crippen LogP contribution >= 0.6 is 0 Å². The quantitative estimate of drug-likeness (QED) is 0.849. The van der Waals surface area contributed by atoms with Gasteiger partial charge in [0.1, 0.15) is 5.75 Å². The van der Waals surface area contributed by atoms with E-state index in [4.69, 9.17) is 4.74 Å². The molecule has 0 atom stereocenters. The van der Waals surface area contributed by atoms with E-state index in [1.54, 1.807) is 0 Å². The van der Waals surface area contributed by atoms with Gasteiger partial charge in [-0.1, -0.05) is 13.0 Å². The van der Waals surface area contributed by atoms with Crippen LogP contribution in [0.5, 0.6) is 5.75 Å². The zero-order chi connectivity index (χ0) is 12.8. The minimum absolute atomic E-state index is 0.680. The topological polar surface area (TPSA) is 39.1 Å². The average molecular weight is 245 g/mol. The average Bonchev–Trinajstić information content (AvgIpc) is 2.86. The molecule has 4 nitrogen and oxygen atoms in total. The summed E-state index contributed by atoms with van der Waals surface area (Å²) in [6, 6.07) is 8.01. The Balaban J connectivity index is 2.15. The summed E-state index contributed by atoms with van der Waals surface area (Å²) in [5, 5.41) is 3.26. The Hall–Kier alpha value is -1.81. The first-order valence-corrected chi connectivity index (χ1v) is 6.30. The van der Waals surface area contributed by atoms with Gasteiger partial charge in [0.25, 0.3) is 0 Å². The van der Waals surface area contributed by atoms with Gasteiger partial charge in [-0.3, -0.25) is 0 Å². The summed E-state index contributed by atoms with van der Waals surface area (Å²) in [5.74, 6) is 0.886. The third-order valence-corrected chi connectivity index (χ3v) is 2.62. The number of benzene rings is 1. The van der Waals surface area contributed by atoms with E-state index in [0.717, 1.165) is 30.2 Å². The monoisotopic (exact) mass is 245 g/mol. The number of imidazole rings is 1. The van der Waals surface area contributed by atoms with Crippen molar-refractivity contribution in [3.63, 3.8) is 0 Å². The van der Waals surface area contributed by atoms with Crippen molar-refractivity contribution in [1.82, 2.24) is 14.9 Å². The molecule has 0 unspecified atom stereocenters. The molecule has 2 rings (SSSR count). The second kappa shape index (κ2) is 6.21. The van der Waals surface area contributed by atoms with Crippen LogP contribution in [-0.4, -0.2) is 22.7 Å². The predicted molar refractivity (Wildman–Crippen MR) is 72.1 cm³/mol. The van der Waals surface area contributed by atoms with Crippen molar-refractivity contribution in [2.75, 3.05) is 13.2 Å². The standard InChI is InChI=1S/C14H19N3O/c1-3-15-9-12-10-17(11-16-12)13-6-5-7-14(8-13)18-4-2/h5-8,10-11,15H,3-4,9H2,1-2H3. The Morgan fingerprint density at radius 1 is 1.33 bits per heavy atom. The lowest BCUT2D eigenvalue weighted by Crippen LogP contribution is -2.11. The third-order valence-electron chi connectivity index (χ3n) is 2.62. The van der Waals surface area contributed by atoms with Gasteiger partial charge >= 0.3 is 0 Å². The fraction of sp³-hybridized carbons (Fsp3) is 0.357. The summed E-state index contributed by atoms with van der Waals surface area (Å²) in [5.41, 5.74) is 2.11. The van der Waals surface area contributed by atoms with Crippen molar-refractivity contribution in [2.24, 2.45) is 0 Å². The van der Waals surface area contributed by atoms with Gasteiger partial charge in [-0.05, 0) is 25.6 Å². The molecule has 0 fully saturated rings. The van der Waals surface area contributed by atoms with Gasteiger partial charge < -0.3 is 14.6 Å². The van der Waals surface area contributed by atoms with E-state index in [1.165, 1.54) is 0 Å². The first-order valence-electron chi connectivity index (χ1n) is 6.30. The highest BCUT2D eigenvalue weighted by Gasteiger charge is 2.01. The van der Waals surface area contributed by atoms with Crippen LogP contribution in [0.25, 0.3) is 5.69 Å². The van der Waals surface area contributed by atoms with Crippen LogP contribution in [0.3, 0.4) is 0 Å². The van der Waals surface area contributed by atoms with E-state index in [9.17, 15) is 0 Å². The Morgan fingerprint density at radius 2 is 2.22 bits per heavy atom. The van der Waals surface area contributed by atoms with Crippen molar-refractivity contribution < 1.29 is 4.74 Å². The van der Waals surface area contributed by atoms with Crippen LogP contribution in [0, 0.1) is 0 Å². The molecule has 0 saturated carbocycles. The number of ether oxygens (including phenoxy) is 1. The van der Waals surface area contributed by atoms with E-state index in [-0.39, 0.29) is 0 Å². The van der Waals surface area contributed by atoms with Crippen molar-refractivity contribution in [3.05, 3.63) is 42.5 Å². The summed E-state index contributed by atoms with van der Waals surface area (Å²) >= 11 is 0. The zero-order valence-electron chi connectivity index (χ0n) is 10.9. The number of hydrogen-bond acceptors (Lipinski definition) is 3. The number of nitrogens with one attached hydrogen (secondary N) is 1. The largest absolute Gasteiger partial charge is 0.494 e. The Bertz CT molecular complexity index is 493. The van der Waals surface area contributed by atoms with Crippen molar-refractivity contribution >= 4 is 0 Å². The van der Waals surface area contributed by atoms with E-state index < -0.39 is 0 Å². The molecule has 0 amide bonds. The molecule has 0 spiro atoms. The van der Waals surface area contributed by atoms with Crippen LogP contribution in [0.15, 0.2) is 36.8 Å². The number of hydrogen-bond donors (Lipinski definition) is 1. The highest BCUT2D eigenvalue weighted by molar-refractivity contribution is 5.39. The summed E-state index contributed by atoms with van der Waals surface area (Å²) in [6.07, 6.45) is 3.87. The van der Waals surface area contributed by atoms with Gasteiger partial charge in [-0.2, -0.15) is 0 Å². The molecule has 4 heteroatoms. The first kappa shape index (κ1) is 12.6. The lowest BCUT2D eigenvalue weighted by atomic mass is 10.3. The molecule has 0 saturated heterocycles. The molecule has 0 bridgehead atoms. The third kappa shape index (κ3) is 3.11. The van der Waals surface area contributed by atoms with Crippen LogP contribution in [-0.2, 0) is 6.54 Å². The van der Waals surface area contributed by atoms with Gasteiger partial charge in [-0.25, -0.2) is 4.98 Å². The molecule has 96 valence electrons. The zero-order valence-corrected chi connectivity index (χ0v) is 10.9. The van der Waals surface area contributed by atoms with Crippen molar-refractivity contribution in [1.29, 1.82) is 0 Å². The minimum Gasteiger partial charge on any atom is -0.494 e. The molecule has 1 heterocycles. The van der Waals surface area contributed by atoms with Gasteiger partial charge in [0, 0.05) is 18.8 Å². The lowest BCUT2D eigenvalue weighted by molar-refractivity contribution is 0.340. The van der Waals surface area contributed by atoms with E-state index >= 15 is 0 Å². The number of aromatic nitrogens is 2. The molecule has 2 aromatic rings. The second-order valence-electron chi connectivity index (χ2n) is 3.98. The van der Waals surface area contributed by atoms with Crippen LogP contribution < -0.4 is 10.1 Å². The molecular weight excluding hydrogens is 226 g/mol. The van der Waals surface area contributed by atoms with Crippen molar-refractivity contribution in [3.8, 4) is 11.4 Å². The molecule has 0 aliphatic heterocycles. The van der Waals surface area contributed by atoms with Crippen LogP contribution in [0.1, 0.15) is 19.5 Å². The van der Waals surface area contributed by atoms with Gasteiger partial charge in [0.15, 0.2) is 0 Å². The van der Waals surface area contributed by atoms with Crippen LogP contribution in [0.4, 0.5) is 0 Å². The van der Waals surface area contributed by atoms with Gasteiger partial charge in [0.2, 0.25) is 0 Å². The van der Waals surface area contributed by atoms with Crippen LogP contribution in [0.2, 0.25) is 0 Å². The highest BCUT2D eigenvalue weighted by Crippen LogP contribution is 2.17. The van der Waals surface area contributed by atoms with Gasteiger partial charge in [-0.15, -0.1) is 0 Å². The SMILES string of the molecule is CCNCc1cn(-c2cccc(OCC)c2)cn1. The first-order chi connectivity index (χ1) is 8.83. The molecule has 18 heavy (non-hydrogen) atoms. The van der Waals surface area contributed by atoms with E-state index in [0.29, 0.717) is 6.61 Å². The maximum atomic E-state index is 5.49. The lowest BCUT2D eigenvalue weighted by Gasteiger charge is -2.06. The van der Waals surface area contributed by atoms with Crippen molar-refractivity contribution in [2.45, 2.75) is 20.4 Å². The number of rotatable bonds is 6. The minimum atomic E-state index is 0.680. The maximum Gasteiger partial charge on any atom is 0.121 e. The fourth-order valence-corrected chi connectivity index (χ4v) is 1.75. The molecule has 0 aliphatic rings. The summed E-state index contributed by atoms with van der Waals surface area (Å²) in [6.45, 7) is 6.50. The smallest absolute Gasteiger partial charge is 0.121 e. The number of nitrogens with zero attached hydrogens (tertiary/aromatic N) is 2. The molecule has 0 aliphatic carbocycles. The second-order valence-corrected chi connectivity index (χ2v) is 3.98. The van der Waals surface area contributed by atoms with E-state index in [2.05, 4.69) is 17.2 Å². The molecular formula is C14H19N3O.